The van der Waals surface area contributed by atoms with E-state index in [-0.39, 0.29) is 26.3 Å². The molecule has 0 bridgehead atoms. The largest absolute Gasteiger partial charge is 0.395 e. The summed E-state index contributed by atoms with van der Waals surface area (Å²) < 4.78 is 10.7. The maximum Gasteiger partial charge on any atom is 0.252 e. The first-order chi connectivity index (χ1) is 19.5. The Morgan fingerprint density at radius 1 is 0.756 bits per heavy atom. The standard InChI is InChI=1S/C21H40N10O10/c22-15(34)8-30(10-17(36)26-24-3-5-32)12-19(38)28-29-20(39)13-31(9-16(23)35)11-18(37)27-25-4-7-41-21-14(33)2-1-6-40-21/h14,21,24-25,32-33H,1-13H2,(H2,22,34)(H2,23,35)(H,26,36)(H,27,37)(H,28,38)(H,29,39)/t14-,21-/m0/s1. The molecule has 1 aliphatic heterocycles. The lowest BCUT2D eigenvalue weighted by Crippen LogP contribution is -2.53. The summed E-state index contributed by atoms with van der Waals surface area (Å²) in [5, 5.41) is 18.5. The minimum Gasteiger partial charge on any atom is -0.395 e. The molecule has 0 aromatic rings. The van der Waals surface area contributed by atoms with E-state index in [1.54, 1.807) is 0 Å². The molecule has 41 heavy (non-hydrogen) atoms. The van der Waals surface area contributed by atoms with E-state index in [0.717, 1.165) is 16.2 Å². The maximum atomic E-state index is 12.3. The van der Waals surface area contributed by atoms with Gasteiger partial charge in [0.15, 0.2) is 6.29 Å². The zero-order valence-corrected chi connectivity index (χ0v) is 22.6. The molecule has 0 radical (unpaired) electrons. The first-order valence-corrected chi connectivity index (χ1v) is 12.6. The van der Waals surface area contributed by atoms with Crippen molar-refractivity contribution in [1.29, 1.82) is 0 Å². The fourth-order valence-electron chi connectivity index (χ4n) is 3.39. The quantitative estimate of drug-likeness (QED) is 0.0464. The molecule has 6 amide bonds. The van der Waals surface area contributed by atoms with Crippen LogP contribution in [0.4, 0.5) is 0 Å². The summed E-state index contributed by atoms with van der Waals surface area (Å²) in [5.74, 6) is -4.44. The molecule has 0 spiro atoms. The van der Waals surface area contributed by atoms with Gasteiger partial charge in [0.25, 0.3) is 11.8 Å². The maximum absolute atomic E-state index is 12.3. The predicted molar refractivity (Wildman–Crippen MR) is 138 cm³/mol. The number of nitrogens with one attached hydrogen (secondary N) is 6. The van der Waals surface area contributed by atoms with Crippen molar-refractivity contribution in [1.82, 2.24) is 42.4 Å². The summed E-state index contributed by atoms with van der Waals surface area (Å²) >= 11 is 0. The van der Waals surface area contributed by atoms with E-state index < -0.39 is 87.1 Å². The fourth-order valence-corrected chi connectivity index (χ4v) is 3.39. The number of aliphatic hydroxyl groups is 2. The molecule has 2 atom stereocenters. The first kappa shape index (κ1) is 35.5. The van der Waals surface area contributed by atoms with Crippen molar-refractivity contribution in [3.05, 3.63) is 0 Å². The van der Waals surface area contributed by atoms with Crippen LogP contribution < -0.4 is 44.0 Å². The molecule has 1 heterocycles. The van der Waals surface area contributed by atoms with Gasteiger partial charge in [-0.05, 0) is 12.8 Å². The summed E-state index contributed by atoms with van der Waals surface area (Å²) in [6.45, 7) is -2.06. The minimum atomic E-state index is -0.809. The Hall–Kier alpha value is -3.50. The molecule has 1 fully saturated rings. The number of amides is 6. The van der Waals surface area contributed by atoms with E-state index in [2.05, 4.69) is 32.6 Å². The van der Waals surface area contributed by atoms with Crippen molar-refractivity contribution in [3.63, 3.8) is 0 Å². The van der Waals surface area contributed by atoms with E-state index in [0.29, 0.717) is 13.0 Å². The Kier molecular flexibility index (Phi) is 17.7. The molecule has 20 nitrogen and oxygen atoms in total. The number of hydrogen-bond acceptors (Lipinski definition) is 14. The third-order valence-corrected chi connectivity index (χ3v) is 5.01. The van der Waals surface area contributed by atoms with Crippen molar-refractivity contribution in [3.8, 4) is 0 Å². The van der Waals surface area contributed by atoms with Crippen LogP contribution in [0, 0.1) is 0 Å². The molecule has 0 aromatic carbocycles. The number of nitrogens with two attached hydrogens (primary N) is 2. The van der Waals surface area contributed by atoms with Crippen molar-refractivity contribution in [2.24, 2.45) is 11.5 Å². The van der Waals surface area contributed by atoms with Crippen molar-refractivity contribution < 1.29 is 48.5 Å². The minimum absolute atomic E-state index is 0.0793. The van der Waals surface area contributed by atoms with Gasteiger partial charge in [0.1, 0.15) is 6.10 Å². The number of aliphatic hydroxyl groups excluding tert-OH is 2. The number of carbonyl (C=O) groups is 6. The average Bonchev–Trinajstić information content (AvgIpc) is 2.87. The number of carbonyl (C=O) groups excluding carboxylic acids is 6. The van der Waals surface area contributed by atoms with Gasteiger partial charge in [-0.25, -0.2) is 10.9 Å². The third kappa shape index (κ3) is 17.7. The second kappa shape index (κ2) is 20.4. The van der Waals surface area contributed by atoms with E-state index in [4.69, 9.17) is 26.0 Å². The number of ether oxygens (including phenoxy) is 2. The zero-order chi connectivity index (χ0) is 30.6. The molecular weight excluding hydrogens is 552 g/mol. The van der Waals surface area contributed by atoms with Crippen LogP contribution in [0.1, 0.15) is 12.8 Å². The lowest BCUT2D eigenvalue weighted by molar-refractivity contribution is -0.213. The van der Waals surface area contributed by atoms with Crippen molar-refractivity contribution in [2.45, 2.75) is 25.2 Å². The summed E-state index contributed by atoms with van der Waals surface area (Å²) in [7, 11) is 0. The van der Waals surface area contributed by atoms with Crippen LogP contribution in [0.5, 0.6) is 0 Å². The normalized spacial score (nSPS) is 16.7. The highest BCUT2D eigenvalue weighted by atomic mass is 16.7. The molecule has 0 saturated carbocycles. The van der Waals surface area contributed by atoms with Gasteiger partial charge in [-0.15, -0.1) is 0 Å². The van der Waals surface area contributed by atoms with Crippen molar-refractivity contribution >= 4 is 35.4 Å². The van der Waals surface area contributed by atoms with Gasteiger partial charge in [0.05, 0.1) is 52.5 Å². The second-order valence-electron chi connectivity index (χ2n) is 8.81. The van der Waals surface area contributed by atoms with Crippen LogP contribution in [-0.4, -0.2) is 140 Å². The van der Waals surface area contributed by atoms with Crippen LogP contribution in [0.15, 0.2) is 0 Å². The summed E-state index contributed by atoms with van der Waals surface area (Å²) in [6, 6.07) is 0. The Bertz CT molecular complexity index is 880. The summed E-state index contributed by atoms with van der Waals surface area (Å²) in [5.41, 5.74) is 24.2. The Labute approximate surface area is 235 Å². The van der Waals surface area contributed by atoms with Crippen LogP contribution >= 0.6 is 0 Å². The van der Waals surface area contributed by atoms with Crippen LogP contribution in [0.25, 0.3) is 0 Å². The summed E-state index contributed by atoms with van der Waals surface area (Å²) in [6.07, 6.45) is -0.157. The fraction of sp³-hybridized carbons (Fsp3) is 0.714. The van der Waals surface area contributed by atoms with Gasteiger partial charge < -0.3 is 31.2 Å². The highest BCUT2D eigenvalue weighted by molar-refractivity contribution is 5.87. The second-order valence-corrected chi connectivity index (χ2v) is 8.81. The van der Waals surface area contributed by atoms with Gasteiger partial charge in [-0.3, -0.25) is 60.3 Å². The molecule has 1 saturated heterocycles. The highest BCUT2D eigenvalue weighted by Crippen LogP contribution is 2.14. The SMILES string of the molecule is NC(=O)CN(CC(=O)NNCCO)CC(=O)NNC(=O)CN(CC(N)=O)CC(=O)NNCCO[C@@H]1OCCC[C@@H]1O. The number of hydrazine groups is 3. The number of primary amides is 2. The Morgan fingerprint density at radius 3 is 1.66 bits per heavy atom. The number of rotatable bonds is 20. The Balaban J connectivity index is 2.42. The van der Waals surface area contributed by atoms with Crippen LogP contribution in [-0.2, 0) is 38.2 Å². The number of nitrogens with zero attached hydrogens (tertiary/aromatic N) is 2. The lowest BCUT2D eigenvalue weighted by atomic mass is 10.1. The van der Waals surface area contributed by atoms with Gasteiger partial charge in [0, 0.05) is 19.7 Å². The van der Waals surface area contributed by atoms with Gasteiger partial charge in [-0.2, -0.15) is 0 Å². The zero-order valence-electron chi connectivity index (χ0n) is 22.6. The molecule has 234 valence electrons. The third-order valence-electron chi connectivity index (χ3n) is 5.01. The van der Waals surface area contributed by atoms with Gasteiger partial charge in [0.2, 0.25) is 23.6 Å². The molecule has 0 aromatic heterocycles. The first-order valence-electron chi connectivity index (χ1n) is 12.6. The Morgan fingerprint density at radius 2 is 1.22 bits per heavy atom. The van der Waals surface area contributed by atoms with Crippen LogP contribution in [0.3, 0.4) is 0 Å². The highest BCUT2D eigenvalue weighted by Gasteiger charge is 2.24. The summed E-state index contributed by atoms with van der Waals surface area (Å²) in [4.78, 5) is 73.5. The molecule has 0 unspecified atom stereocenters. The average molecular weight is 593 g/mol. The van der Waals surface area contributed by atoms with E-state index in [1.807, 2.05) is 0 Å². The molecule has 20 heteroatoms. The van der Waals surface area contributed by atoms with E-state index in [9.17, 15) is 33.9 Å². The topological polar surface area (TPSA) is 292 Å². The predicted octanol–water partition coefficient (Wildman–Crippen LogP) is -7.54. The molecule has 0 aliphatic carbocycles. The lowest BCUT2D eigenvalue weighted by Gasteiger charge is -2.27. The molecule has 1 aliphatic rings. The number of hydrogen-bond donors (Lipinski definition) is 10. The monoisotopic (exact) mass is 592 g/mol. The molecular formula is C21H40N10O10. The van der Waals surface area contributed by atoms with Crippen LogP contribution in [0.2, 0.25) is 0 Å². The van der Waals surface area contributed by atoms with Crippen molar-refractivity contribution in [2.75, 3.05) is 72.2 Å². The van der Waals surface area contributed by atoms with Gasteiger partial charge >= 0.3 is 0 Å². The van der Waals surface area contributed by atoms with Gasteiger partial charge in [-0.1, -0.05) is 0 Å². The van der Waals surface area contributed by atoms with E-state index >= 15 is 0 Å². The smallest absolute Gasteiger partial charge is 0.252 e. The molecule has 1 rings (SSSR count). The van der Waals surface area contributed by atoms with E-state index in [1.165, 1.54) is 0 Å². The molecule has 12 N–H and O–H groups in total.